The summed E-state index contributed by atoms with van der Waals surface area (Å²) in [4.78, 5) is 34.5. The van der Waals surface area contributed by atoms with Gasteiger partial charge in [0.05, 0.1) is 22.5 Å². The Bertz CT molecular complexity index is 1790. The molecular formula is C42H48F2N4O4. The lowest BCUT2D eigenvalue weighted by molar-refractivity contribution is 0.0909. The van der Waals surface area contributed by atoms with Crippen molar-refractivity contribution >= 4 is 11.8 Å². The molecule has 0 spiro atoms. The van der Waals surface area contributed by atoms with Crippen LogP contribution in [0.1, 0.15) is 115 Å². The van der Waals surface area contributed by atoms with Gasteiger partial charge in [0.1, 0.15) is 36.3 Å². The molecule has 8 nitrogen and oxygen atoms in total. The molecule has 2 amide bonds. The fourth-order valence-electron chi connectivity index (χ4n) is 7.47. The van der Waals surface area contributed by atoms with Gasteiger partial charge in [-0.1, -0.05) is 25.3 Å². The SMILES string of the molecule is CC(NC(=O)c1ccc(COc2cc(F)cc(C3CCC(C(C)NC(=O)c4ccc(COc5cccc(F)c5)nc4)CC3)c2)nc1)C1CCCCC1. The molecule has 2 atom stereocenters. The molecule has 2 aliphatic carbocycles. The van der Waals surface area contributed by atoms with Crippen molar-refractivity contribution in [3.05, 3.63) is 119 Å². The number of hydrogen-bond acceptors (Lipinski definition) is 6. The predicted octanol–water partition coefficient (Wildman–Crippen LogP) is 8.70. The lowest BCUT2D eigenvalue weighted by Crippen LogP contribution is -2.39. The van der Waals surface area contributed by atoms with E-state index in [4.69, 9.17) is 9.47 Å². The first-order chi connectivity index (χ1) is 25.2. The highest BCUT2D eigenvalue weighted by Crippen LogP contribution is 2.38. The number of halogens is 2. The first-order valence-corrected chi connectivity index (χ1v) is 18.5. The van der Waals surface area contributed by atoms with Crippen molar-refractivity contribution in [2.24, 2.45) is 11.8 Å². The number of carbonyl (C=O) groups is 2. The molecule has 2 saturated carbocycles. The van der Waals surface area contributed by atoms with Gasteiger partial charge in [-0.25, -0.2) is 8.78 Å². The smallest absolute Gasteiger partial charge is 0.253 e. The molecule has 0 aliphatic heterocycles. The summed E-state index contributed by atoms with van der Waals surface area (Å²) in [6.45, 7) is 4.43. The van der Waals surface area contributed by atoms with Crippen LogP contribution in [0.15, 0.2) is 79.1 Å². The van der Waals surface area contributed by atoms with Gasteiger partial charge in [0.2, 0.25) is 0 Å². The van der Waals surface area contributed by atoms with Crippen LogP contribution >= 0.6 is 0 Å². The van der Waals surface area contributed by atoms with Crippen LogP contribution in [0, 0.1) is 23.5 Å². The van der Waals surface area contributed by atoms with Crippen molar-refractivity contribution in [3.8, 4) is 11.5 Å². The number of ether oxygens (including phenoxy) is 2. The minimum Gasteiger partial charge on any atom is -0.487 e. The van der Waals surface area contributed by atoms with E-state index in [1.165, 1.54) is 43.7 Å². The van der Waals surface area contributed by atoms with E-state index < -0.39 is 0 Å². The number of benzene rings is 2. The van der Waals surface area contributed by atoms with E-state index in [-0.39, 0.29) is 54.7 Å². The van der Waals surface area contributed by atoms with Crippen LogP contribution in [0.3, 0.4) is 0 Å². The molecule has 2 unspecified atom stereocenters. The number of amides is 2. The van der Waals surface area contributed by atoms with Gasteiger partial charge in [-0.15, -0.1) is 0 Å². The van der Waals surface area contributed by atoms with E-state index in [2.05, 4.69) is 27.5 Å². The maximum atomic E-state index is 14.7. The highest BCUT2D eigenvalue weighted by Gasteiger charge is 2.28. The standard InChI is InChI=1S/C42H48F2N4O4/c1-27(29-7-4-3-5-8-29)47-41(49)32-16-18-38(46-24-32)26-52-40-20-34(19-36(44)22-40)31-13-11-30(12-14-31)28(2)48-42(50)33-15-17-37(45-23-33)25-51-39-10-6-9-35(43)21-39/h6,9-10,15-24,27-31H,3-5,7-8,11-14,25-26H2,1-2H3,(H,47,49)(H,48,50). The Morgan fingerprint density at radius 2 is 1.23 bits per heavy atom. The molecule has 2 aromatic carbocycles. The van der Waals surface area contributed by atoms with Crippen molar-refractivity contribution in [3.63, 3.8) is 0 Å². The zero-order valence-electron chi connectivity index (χ0n) is 30.0. The third-order valence-electron chi connectivity index (χ3n) is 10.7. The fourth-order valence-corrected chi connectivity index (χ4v) is 7.47. The van der Waals surface area contributed by atoms with Crippen LogP contribution in [0.25, 0.3) is 0 Å². The molecule has 0 radical (unpaired) electrons. The van der Waals surface area contributed by atoms with E-state index in [1.807, 2.05) is 13.0 Å². The van der Waals surface area contributed by atoms with E-state index in [1.54, 1.807) is 48.7 Å². The Balaban J connectivity index is 0.945. The van der Waals surface area contributed by atoms with Crippen molar-refractivity contribution in [2.75, 3.05) is 0 Å². The minimum atomic E-state index is -0.372. The molecule has 2 heterocycles. The molecule has 0 bridgehead atoms. The second-order valence-electron chi connectivity index (χ2n) is 14.4. The van der Waals surface area contributed by atoms with Crippen LogP contribution < -0.4 is 20.1 Å². The van der Waals surface area contributed by atoms with Crippen LogP contribution in [-0.2, 0) is 13.2 Å². The third kappa shape index (κ3) is 10.1. The number of hydrogen-bond donors (Lipinski definition) is 2. The Hall–Kier alpha value is -4.86. The molecule has 274 valence electrons. The van der Waals surface area contributed by atoms with Gasteiger partial charge >= 0.3 is 0 Å². The molecule has 0 saturated heterocycles. The average Bonchev–Trinajstić information content (AvgIpc) is 3.17. The molecule has 2 fully saturated rings. The van der Waals surface area contributed by atoms with Gasteiger partial charge in [-0.3, -0.25) is 19.6 Å². The monoisotopic (exact) mass is 710 g/mol. The van der Waals surface area contributed by atoms with Crippen LogP contribution in [0.5, 0.6) is 11.5 Å². The number of nitrogens with one attached hydrogen (secondary N) is 2. The number of pyridine rings is 2. The summed E-state index contributed by atoms with van der Waals surface area (Å²) in [5, 5.41) is 6.26. The fraction of sp³-hybridized carbons (Fsp3) is 0.429. The van der Waals surface area contributed by atoms with Crippen molar-refractivity contribution in [1.82, 2.24) is 20.6 Å². The summed E-state index contributed by atoms with van der Waals surface area (Å²) in [5.74, 6) is 0.845. The third-order valence-corrected chi connectivity index (χ3v) is 10.7. The summed E-state index contributed by atoms with van der Waals surface area (Å²) >= 11 is 0. The highest BCUT2D eigenvalue weighted by molar-refractivity contribution is 5.94. The number of rotatable bonds is 13. The maximum absolute atomic E-state index is 14.7. The Morgan fingerprint density at radius 1 is 0.673 bits per heavy atom. The summed E-state index contributed by atoms with van der Waals surface area (Å²) < 4.78 is 39.7. The predicted molar refractivity (Wildman–Crippen MR) is 195 cm³/mol. The van der Waals surface area contributed by atoms with Crippen LogP contribution in [0.4, 0.5) is 8.78 Å². The number of aromatic nitrogens is 2. The average molecular weight is 711 g/mol. The Labute approximate surface area is 304 Å². The summed E-state index contributed by atoms with van der Waals surface area (Å²) in [5.41, 5.74) is 3.16. The van der Waals surface area contributed by atoms with Gasteiger partial charge in [0, 0.05) is 36.6 Å². The summed E-state index contributed by atoms with van der Waals surface area (Å²) in [6, 6.07) is 17.9. The van der Waals surface area contributed by atoms with E-state index in [0.717, 1.165) is 44.1 Å². The highest BCUT2D eigenvalue weighted by atomic mass is 19.1. The second kappa shape index (κ2) is 17.6. The molecule has 52 heavy (non-hydrogen) atoms. The maximum Gasteiger partial charge on any atom is 0.253 e. The normalized spacial score (nSPS) is 18.9. The van der Waals surface area contributed by atoms with E-state index >= 15 is 0 Å². The number of nitrogens with zero attached hydrogens (tertiary/aromatic N) is 2. The minimum absolute atomic E-state index is 0.0407. The first kappa shape index (κ1) is 36.9. The molecule has 10 heteroatoms. The topological polar surface area (TPSA) is 102 Å². The zero-order chi connectivity index (χ0) is 36.5. The largest absolute Gasteiger partial charge is 0.487 e. The Kier molecular flexibility index (Phi) is 12.5. The summed E-state index contributed by atoms with van der Waals surface area (Å²) in [6.07, 6.45) is 12.7. The quantitative estimate of drug-likeness (QED) is 0.144. The van der Waals surface area contributed by atoms with Gasteiger partial charge < -0.3 is 20.1 Å². The first-order valence-electron chi connectivity index (χ1n) is 18.5. The van der Waals surface area contributed by atoms with Gasteiger partial charge in [0.25, 0.3) is 11.8 Å². The molecule has 4 aromatic rings. The van der Waals surface area contributed by atoms with Gasteiger partial charge in [-0.2, -0.15) is 0 Å². The van der Waals surface area contributed by atoms with Crippen molar-refractivity contribution < 1.29 is 27.8 Å². The lowest BCUT2D eigenvalue weighted by Gasteiger charge is -2.33. The molecule has 2 N–H and O–H groups in total. The van der Waals surface area contributed by atoms with Crippen molar-refractivity contribution in [2.45, 2.75) is 103 Å². The van der Waals surface area contributed by atoms with Gasteiger partial charge in [0.15, 0.2) is 0 Å². The Morgan fingerprint density at radius 3 is 1.79 bits per heavy atom. The number of carbonyl (C=O) groups excluding carboxylic acids is 2. The van der Waals surface area contributed by atoms with E-state index in [0.29, 0.717) is 45.8 Å². The molecule has 2 aliphatic rings. The molecular weight excluding hydrogens is 662 g/mol. The van der Waals surface area contributed by atoms with E-state index in [9.17, 15) is 18.4 Å². The van der Waals surface area contributed by atoms with Crippen LogP contribution in [-0.4, -0.2) is 33.9 Å². The zero-order valence-corrected chi connectivity index (χ0v) is 30.0. The van der Waals surface area contributed by atoms with Crippen molar-refractivity contribution in [1.29, 1.82) is 0 Å². The molecule has 6 rings (SSSR count). The molecule has 2 aromatic heterocycles. The van der Waals surface area contributed by atoms with Gasteiger partial charge in [-0.05, 0) is 124 Å². The van der Waals surface area contributed by atoms with Crippen LogP contribution in [0.2, 0.25) is 0 Å². The second-order valence-corrected chi connectivity index (χ2v) is 14.4. The lowest BCUT2D eigenvalue weighted by atomic mass is 9.76. The summed E-state index contributed by atoms with van der Waals surface area (Å²) in [7, 11) is 0.